The van der Waals surface area contributed by atoms with E-state index in [9.17, 15) is 14.0 Å². The van der Waals surface area contributed by atoms with E-state index < -0.39 is 17.8 Å². The van der Waals surface area contributed by atoms with E-state index in [0.29, 0.717) is 29.1 Å². The summed E-state index contributed by atoms with van der Waals surface area (Å²) in [6.07, 6.45) is 0. The second kappa shape index (κ2) is 9.01. The molecule has 0 saturated heterocycles. The zero-order valence-electron chi connectivity index (χ0n) is 17.2. The second-order valence-electron chi connectivity index (χ2n) is 6.92. The Morgan fingerprint density at radius 1 is 1.29 bits per heavy atom. The number of ketones is 1. The largest absolute Gasteiger partial charge is 0.494 e. The summed E-state index contributed by atoms with van der Waals surface area (Å²) in [5.41, 5.74) is 2.79. The van der Waals surface area contributed by atoms with E-state index in [4.69, 9.17) is 9.47 Å². The van der Waals surface area contributed by atoms with Gasteiger partial charge in [-0.3, -0.25) is 4.79 Å². The van der Waals surface area contributed by atoms with E-state index in [2.05, 4.69) is 4.98 Å². The summed E-state index contributed by atoms with van der Waals surface area (Å²) in [6.45, 7) is 7.79. The quantitative estimate of drug-likeness (QED) is 0.535. The van der Waals surface area contributed by atoms with Crippen LogP contribution >= 0.6 is 0 Å². The molecule has 0 fully saturated rings. The lowest BCUT2D eigenvalue weighted by Crippen LogP contribution is -3.12. The SMILES string of the molecule is CCOC(=O)c1c(C)[nH]c(C(=O)[C@H](C)[NH+](C)Cc2ccc(OC)c(F)c2)c1C. The van der Waals surface area contributed by atoms with Gasteiger partial charge in [0.15, 0.2) is 17.6 Å². The van der Waals surface area contributed by atoms with Crippen molar-refractivity contribution in [1.82, 2.24) is 4.98 Å². The third-order valence-corrected chi connectivity index (χ3v) is 5.00. The van der Waals surface area contributed by atoms with E-state index in [0.717, 1.165) is 10.5 Å². The van der Waals surface area contributed by atoms with Crippen molar-refractivity contribution < 1.29 is 28.4 Å². The molecule has 0 amide bonds. The van der Waals surface area contributed by atoms with Crippen molar-refractivity contribution >= 4 is 11.8 Å². The Labute approximate surface area is 164 Å². The van der Waals surface area contributed by atoms with Gasteiger partial charge >= 0.3 is 5.97 Å². The fourth-order valence-electron chi connectivity index (χ4n) is 3.24. The van der Waals surface area contributed by atoms with Gasteiger partial charge in [0.1, 0.15) is 6.54 Å². The van der Waals surface area contributed by atoms with Gasteiger partial charge in [-0.25, -0.2) is 9.18 Å². The number of hydrogen-bond donors (Lipinski definition) is 2. The molecule has 0 radical (unpaired) electrons. The summed E-state index contributed by atoms with van der Waals surface area (Å²) >= 11 is 0. The van der Waals surface area contributed by atoms with Gasteiger partial charge < -0.3 is 19.4 Å². The molecule has 1 unspecified atom stereocenters. The van der Waals surface area contributed by atoms with Crippen LogP contribution in [0.2, 0.25) is 0 Å². The molecule has 0 bridgehead atoms. The van der Waals surface area contributed by atoms with E-state index in [-0.39, 0.29) is 18.1 Å². The number of carbonyl (C=O) groups is 2. The van der Waals surface area contributed by atoms with Crippen molar-refractivity contribution in [1.29, 1.82) is 0 Å². The molecule has 2 aromatic rings. The van der Waals surface area contributed by atoms with Crippen LogP contribution in [0.5, 0.6) is 5.75 Å². The number of esters is 1. The zero-order chi connectivity index (χ0) is 21.0. The molecule has 2 N–H and O–H groups in total. The molecular formula is C21H28FN2O4+. The first kappa shape index (κ1) is 21.6. The van der Waals surface area contributed by atoms with Crippen molar-refractivity contribution in [3.63, 3.8) is 0 Å². The fraction of sp³-hybridized carbons (Fsp3) is 0.429. The van der Waals surface area contributed by atoms with Gasteiger partial charge in [-0.2, -0.15) is 0 Å². The number of halogens is 1. The monoisotopic (exact) mass is 391 g/mol. The molecule has 2 rings (SSSR count). The Morgan fingerprint density at radius 3 is 2.54 bits per heavy atom. The van der Waals surface area contributed by atoms with Crippen molar-refractivity contribution in [2.75, 3.05) is 20.8 Å². The van der Waals surface area contributed by atoms with E-state index in [1.807, 2.05) is 14.0 Å². The van der Waals surface area contributed by atoms with Gasteiger partial charge in [-0.1, -0.05) is 0 Å². The molecule has 0 spiro atoms. The molecule has 152 valence electrons. The average Bonchev–Trinajstić information content (AvgIpc) is 2.95. The van der Waals surface area contributed by atoms with E-state index >= 15 is 0 Å². The molecule has 0 aliphatic rings. The molecule has 28 heavy (non-hydrogen) atoms. The van der Waals surface area contributed by atoms with Crippen LogP contribution in [0.1, 0.15) is 51.5 Å². The molecule has 1 aromatic heterocycles. The molecule has 0 aliphatic heterocycles. The predicted octanol–water partition coefficient (Wildman–Crippen LogP) is 2.24. The third kappa shape index (κ3) is 4.42. The highest BCUT2D eigenvalue weighted by Crippen LogP contribution is 2.20. The van der Waals surface area contributed by atoms with Crippen LogP contribution < -0.4 is 9.64 Å². The van der Waals surface area contributed by atoms with E-state index in [1.165, 1.54) is 13.2 Å². The summed E-state index contributed by atoms with van der Waals surface area (Å²) < 4.78 is 23.9. The van der Waals surface area contributed by atoms with Crippen molar-refractivity contribution in [2.45, 2.75) is 40.3 Å². The maximum atomic E-state index is 13.9. The topological polar surface area (TPSA) is 72.8 Å². The number of hydrogen-bond acceptors (Lipinski definition) is 4. The number of H-pyrrole nitrogens is 1. The number of aromatic nitrogens is 1. The maximum absolute atomic E-state index is 13.9. The first-order chi connectivity index (χ1) is 13.2. The lowest BCUT2D eigenvalue weighted by molar-refractivity contribution is -0.907. The standard InChI is InChI=1S/C21H27FN2O4/c1-7-28-21(26)18-12(2)19(23-13(18)3)20(25)14(4)24(5)11-15-8-9-17(27-6)16(22)10-15/h8-10,14,23H,7,11H2,1-6H3/p+1/t14-/m0/s1. The van der Waals surface area contributed by atoms with Gasteiger partial charge in [0.05, 0.1) is 32.0 Å². The van der Waals surface area contributed by atoms with Crippen LogP contribution in [0.15, 0.2) is 18.2 Å². The second-order valence-corrected chi connectivity index (χ2v) is 6.92. The normalized spacial score (nSPS) is 13.1. The zero-order valence-corrected chi connectivity index (χ0v) is 17.2. The molecule has 7 heteroatoms. The number of methoxy groups -OCH3 is 1. The minimum Gasteiger partial charge on any atom is -0.494 e. The Morgan fingerprint density at radius 2 is 1.96 bits per heavy atom. The van der Waals surface area contributed by atoms with Gasteiger partial charge in [-0.05, 0) is 51.5 Å². The lowest BCUT2D eigenvalue weighted by Gasteiger charge is -2.21. The molecule has 2 atom stereocenters. The fourth-order valence-corrected chi connectivity index (χ4v) is 3.24. The predicted molar refractivity (Wildman–Crippen MR) is 104 cm³/mol. The Balaban J connectivity index is 2.19. The Bertz CT molecular complexity index is 876. The van der Waals surface area contributed by atoms with E-state index in [1.54, 1.807) is 32.9 Å². The highest BCUT2D eigenvalue weighted by atomic mass is 19.1. The number of benzene rings is 1. The highest BCUT2D eigenvalue weighted by molar-refractivity contribution is 6.03. The molecule has 1 heterocycles. The minimum atomic E-state index is -0.435. The number of nitrogens with one attached hydrogen (secondary N) is 2. The van der Waals surface area contributed by atoms with Crippen LogP contribution in [0.25, 0.3) is 0 Å². The van der Waals surface area contributed by atoms with Crippen LogP contribution in [-0.4, -0.2) is 43.5 Å². The summed E-state index contributed by atoms with van der Waals surface area (Å²) in [6, 6.07) is 4.39. The number of quaternary nitrogens is 1. The first-order valence-corrected chi connectivity index (χ1v) is 9.26. The van der Waals surface area contributed by atoms with Crippen LogP contribution in [0.3, 0.4) is 0 Å². The van der Waals surface area contributed by atoms with Gasteiger partial charge in [0.2, 0.25) is 5.78 Å². The molecular weight excluding hydrogens is 363 g/mol. The number of aryl methyl sites for hydroxylation is 1. The first-order valence-electron chi connectivity index (χ1n) is 9.26. The highest BCUT2D eigenvalue weighted by Gasteiger charge is 2.29. The molecule has 0 aliphatic carbocycles. The summed E-state index contributed by atoms with van der Waals surface area (Å²) in [5, 5.41) is 0. The number of Topliss-reactive ketones (excluding diaryl/α,β-unsaturated/α-hetero) is 1. The van der Waals surface area contributed by atoms with Crippen molar-refractivity contribution in [2.24, 2.45) is 0 Å². The Hall–Kier alpha value is -2.67. The summed E-state index contributed by atoms with van der Waals surface area (Å²) in [4.78, 5) is 29.1. The van der Waals surface area contributed by atoms with Gasteiger partial charge in [0.25, 0.3) is 0 Å². The molecule has 6 nitrogen and oxygen atoms in total. The van der Waals surface area contributed by atoms with Crippen LogP contribution in [-0.2, 0) is 11.3 Å². The van der Waals surface area contributed by atoms with Crippen LogP contribution in [0, 0.1) is 19.7 Å². The van der Waals surface area contributed by atoms with Crippen molar-refractivity contribution in [3.8, 4) is 5.75 Å². The average molecular weight is 391 g/mol. The smallest absolute Gasteiger partial charge is 0.340 e. The maximum Gasteiger partial charge on any atom is 0.340 e. The number of aromatic amines is 1. The van der Waals surface area contributed by atoms with Gasteiger partial charge in [0, 0.05) is 11.3 Å². The molecule has 1 aromatic carbocycles. The van der Waals surface area contributed by atoms with Crippen LogP contribution in [0.4, 0.5) is 4.39 Å². The number of likely N-dealkylation sites (N-methyl/N-ethyl adjacent to an activating group) is 1. The Kier molecular flexibility index (Phi) is 6.96. The van der Waals surface area contributed by atoms with Gasteiger partial charge in [-0.15, -0.1) is 0 Å². The number of carbonyl (C=O) groups excluding carboxylic acids is 2. The third-order valence-electron chi connectivity index (χ3n) is 5.00. The number of rotatable bonds is 8. The lowest BCUT2D eigenvalue weighted by atomic mass is 10.0. The molecule has 0 saturated carbocycles. The minimum absolute atomic E-state index is 0.109. The summed E-state index contributed by atoms with van der Waals surface area (Å²) in [5.74, 6) is -0.784. The summed E-state index contributed by atoms with van der Waals surface area (Å²) in [7, 11) is 3.30. The number of ether oxygens (including phenoxy) is 2. The van der Waals surface area contributed by atoms with Crippen molar-refractivity contribution in [3.05, 3.63) is 52.1 Å².